The lowest BCUT2D eigenvalue weighted by molar-refractivity contribution is -0.211. The van der Waals surface area contributed by atoms with Crippen molar-refractivity contribution in [3.05, 3.63) is 53.1 Å². The maximum absolute atomic E-state index is 14.6. The zero-order chi connectivity index (χ0) is 20.5. The summed E-state index contributed by atoms with van der Waals surface area (Å²) in [5.74, 6) is -1.99. The summed E-state index contributed by atoms with van der Waals surface area (Å²) in [7, 11) is 0. The van der Waals surface area contributed by atoms with E-state index in [-0.39, 0.29) is 17.7 Å². The van der Waals surface area contributed by atoms with Crippen molar-refractivity contribution in [2.75, 3.05) is 0 Å². The molecule has 2 unspecified atom stereocenters. The summed E-state index contributed by atoms with van der Waals surface area (Å²) >= 11 is 0. The minimum absolute atomic E-state index is 0.112. The highest BCUT2D eigenvalue weighted by molar-refractivity contribution is 5.67. The van der Waals surface area contributed by atoms with Gasteiger partial charge in [-0.1, -0.05) is 32.8 Å². The van der Waals surface area contributed by atoms with Gasteiger partial charge in [-0.2, -0.15) is 13.2 Å². The van der Waals surface area contributed by atoms with Gasteiger partial charge in [-0.15, -0.1) is 0 Å². The Morgan fingerprint density at radius 2 is 1.71 bits per heavy atom. The second kappa shape index (κ2) is 8.10. The molecule has 1 aliphatic rings. The third-order valence-electron chi connectivity index (χ3n) is 5.16. The van der Waals surface area contributed by atoms with Crippen LogP contribution < -0.4 is 4.74 Å². The fourth-order valence-corrected chi connectivity index (χ4v) is 3.73. The van der Waals surface area contributed by atoms with Crippen LogP contribution in [0.15, 0.2) is 30.3 Å². The van der Waals surface area contributed by atoms with Crippen LogP contribution in [0.3, 0.4) is 0 Å². The average molecular weight is 398 g/mol. The van der Waals surface area contributed by atoms with Crippen LogP contribution in [-0.2, 0) is 12.8 Å². The van der Waals surface area contributed by atoms with Crippen molar-refractivity contribution < 1.29 is 26.7 Å². The molecule has 1 nitrogen and oxygen atoms in total. The van der Waals surface area contributed by atoms with E-state index in [1.54, 1.807) is 0 Å². The maximum atomic E-state index is 14.6. The van der Waals surface area contributed by atoms with Crippen LogP contribution >= 0.6 is 0 Å². The molecule has 3 rings (SSSR count). The number of hydrogen-bond donors (Lipinski definition) is 0. The van der Waals surface area contributed by atoms with Crippen molar-refractivity contribution in [1.29, 1.82) is 0 Å². The molecule has 0 amide bonds. The molecule has 0 bridgehead atoms. The molecule has 2 aromatic rings. The van der Waals surface area contributed by atoms with Gasteiger partial charge in [0.25, 0.3) is 0 Å². The molecule has 6 heteroatoms. The van der Waals surface area contributed by atoms with E-state index in [4.69, 9.17) is 4.74 Å². The molecule has 0 N–H and O–H groups in total. The molecule has 152 valence electrons. The van der Waals surface area contributed by atoms with Gasteiger partial charge in [0.1, 0.15) is 17.4 Å². The molecular formula is C22H23F5O. The predicted octanol–water partition coefficient (Wildman–Crippen LogP) is 6.87. The van der Waals surface area contributed by atoms with Gasteiger partial charge in [-0.25, -0.2) is 8.78 Å². The van der Waals surface area contributed by atoms with Crippen molar-refractivity contribution in [2.45, 2.75) is 58.2 Å². The van der Waals surface area contributed by atoms with Gasteiger partial charge in [0.05, 0.1) is 5.56 Å². The third kappa shape index (κ3) is 4.31. The largest absolute Gasteiger partial charge is 0.480 e. The molecule has 28 heavy (non-hydrogen) atoms. The molecule has 0 spiro atoms. The molecule has 0 saturated heterocycles. The van der Waals surface area contributed by atoms with Gasteiger partial charge < -0.3 is 4.74 Å². The van der Waals surface area contributed by atoms with Gasteiger partial charge >= 0.3 is 6.18 Å². The van der Waals surface area contributed by atoms with Crippen molar-refractivity contribution in [3.63, 3.8) is 0 Å². The van der Waals surface area contributed by atoms with E-state index in [0.29, 0.717) is 23.1 Å². The molecule has 0 saturated carbocycles. The fourth-order valence-electron chi connectivity index (χ4n) is 3.73. The van der Waals surface area contributed by atoms with Gasteiger partial charge in [0.15, 0.2) is 6.10 Å². The van der Waals surface area contributed by atoms with Crippen LogP contribution in [0.25, 0.3) is 11.1 Å². The van der Waals surface area contributed by atoms with E-state index in [0.717, 1.165) is 19.3 Å². The normalized spacial score (nSPS) is 19.2. The minimum Gasteiger partial charge on any atom is -0.480 e. The first-order chi connectivity index (χ1) is 13.2. The van der Waals surface area contributed by atoms with E-state index in [1.807, 2.05) is 0 Å². The van der Waals surface area contributed by atoms with Gasteiger partial charge in [-0.3, -0.25) is 0 Å². The Bertz CT molecular complexity index is 820. The standard InChI is InChI=1S/C22H23F5O/c1-3-4-5-6-14-10-17(23)20(18(24)11-14)15-7-8-19-16(12-15)9-13(2)21(28-19)22(25,26)27/h7-8,10-13,21H,3-6,9H2,1-2H3. The van der Waals surface area contributed by atoms with Crippen molar-refractivity contribution in [2.24, 2.45) is 5.92 Å². The zero-order valence-corrected chi connectivity index (χ0v) is 15.9. The Balaban J connectivity index is 1.89. The first-order valence-electron chi connectivity index (χ1n) is 9.55. The quantitative estimate of drug-likeness (QED) is 0.395. The van der Waals surface area contributed by atoms with E-state index in [9.17, 15) is 22.0 Å². The van der Waals surface area contributed by atoms with Crippen LogP contribution in [0, 0.1) is 17.6 Å². The van der Waals surface area contributed by atoms with E-state index < -0.39 is 29.8 Å². The maximum Gasteiger partial charge on any atom is 0.425 e. The highest BCUT2D eigenvalue weighted by atomic mass is 19.4. The summed E-state index contributed by atoms with van der Waals surface area (Å²) < 4.78 is 73.5. The molecular weight excluding hydrogens is 375 g/mol. The SMILES string of the molecule is CCCCCc1cc(F)c(-c2ccc3c(c2)CC(C)C(C(F)(F)F)O3)c(F)c1. The number of halogens is 5. The number of alkyl halides is 3. The van der Waals surface area contributed by atoms with Crippen LogP contribution in [0.1, 0.15) is 44.2 Å². The highest BCUT2D eigenvalue weighted by Crippen LogP contribution is 2.40. The Morgan fingerprint density at radius 3 is 2.32 bits per heavy atom. The van der Waals surface area contributed by atoms with Crippen molar-refractivity contribution in [3.8, 4) is 16.9 Å². The van der Waals surface area contributed by atoms with Crippen LogP contribution in [0.4, 0.5) is 22.0 Å². The molecule has 0 aliphatic carbocycles. The summed E-state index contributed by atoms with van der Waals surface area (Å²) in [4.78, 5) is 0. The topological polar surface area (TPSA) is 9.23 Å². The van der Waals surface area contributed by atoms with E-state index in [1.165, 1.54) is 37.3 Å². The van der Waals surface area contributed by atoms with Gasteiger partial charge in [0, 0.05) is 5.92 Å². The molecule has 2 atom stereocenters. The summed E-state index contributed by atoms with van der Waals surface area (Å²) in [5.41, 5.74) is 1.27. The second-order valence-electron chi connectivity index (χ2n) is 7.48. The van der Waals surface area contributed by atoms with Crippen molar-refractivity contribution in [1.82, 2.24) is 0 Å². The Kier molecular flexibility index (Phi) is 5.96. The Morgan fingerprint density at radius 1 is 1.04 bits per heavy atom. The van der Waals surface area contributed by atoms with Crippen molar-refractivity contribution >= 4 is 0 Å². The highest BCUT2D eigenvalue weighted by Gasteiger charge is 2.47. The number of fused-ring (bicyclic) bond motifs is 1. The molecule has 0 aromatic heterocycles. The van der Waals surface area contributed by atoms with E-state index >= 15 is 0 Å². The fraction of sp³-hybridized carbons (Fsp3) is 0.455. The van der Waals surface area contributed by atoms with E-state index in [2.05, 4.69) is 6.92 Å². The predicted molar refractivity (Wildman–Crippen MR) is 98.4 cm³/mol. The number of hydrogen-bond acceptors (Lipinski definition) is 1. The Labute approximate surface area is 161 Å². The van der Waals surface area contributed by atoms with Crippen LogP contribution in [-0.4, -0.2) is 12.3 Å². The monoisotopic (exact) mass is 398 g/mol. The number of aryl methyl sites for hydroxylation is 1. The summed E-state index contributed by atoms with van der Waals surface area (Å²) in [6.45, 7) is 3.52. The van der Waals surface area contributed by atoms with Gasteiger partial charge in [-0.05, 0) is 60.2 Å². The summed E-state index contributed by atoms with van der Waals surface area (Å²) in [6.07, 6.45) is -2.71. The molecule has 1 aliphatic heterocycles. The molecule has 2 aromatic carbocycles. The number of unbranched alkanes of at least 4 members (excludes halogenated alkanes) is 2. The van der Waals surface area contributed by atoms with Crippen LogP contribution in [0.2, 0.25) is 0 Å². The lowest BCUT2D eigenvalue weighted by Gasteiger charge is -2.33. The molecule has 0 fully saturated rings. The minimum atomic E-state index is -4.46. The Hall–Kier alpha value is -2.11. The second-order valence-corrected chi connectivity index (χ2v) is 7.48. The summed E-state index contributed by atoms with van der Waals surface area (Å²) in [5, 5.41) is 0. The van der Waals surface area contributed by atoms with Gasteiger partial charge in [0.2, 0.25) is 0 Å². The molecule has 0 radical (unpaired) electrons. The smallest absolute Gasteiger partial charge is 0.425 e. The van der Waals surface area contributed by atoms with Crippen LogP contribution in [0.5, 0.6) is 5.75 Å². The third-order valence-corrected chi connectivity index (χ3v) is 5.16. The number of benzene rings is 2. The molecule has 1 heterocycles. The zero-order valence-electron chi connectivity index (χ0n) is 15.9. The number of ether oxygens (including phenoxy) is 1. The first kappa shape index (κ1) is 20.6. The average Bonchev–Trinajstić information content (AvgIpc) is 2.59. The summed E-state index contributed by atoms with van der Waals surface area (Å²) in [6, 6.07) is 6.97. The number of rotatable bonds is 5. The lowest BCUT2D eigenvalue weighted by Crippen LogP contribution is -2.43. The first-order valence-corrected chi connectivity index (χ1v) is 9.55. The lowest BCUT2D eigenvalue weighted by atomic mass is 9.89.